The van der Waals surface area contributed by atoms with Gasteiger partial charge in [0, 0.05) is 47.1 Å². The lowest BCUT2D eigenvalue weighted by molar-refractivity contribution is -0.112. The summed E-state index contributed by atoms with van der Waals surface area (Å²) in [7, 11) is 0. The van der Waals surface area contributed by atoms with E-state index in [4.69, 9.17) is 16.3 Å². The van der Waals surface area contributed by atoms with Gasteiger partial charge in [-0.1, -0.05) is 37.6 Å². The maximum atomic E-state index is 11.6. The van der Waals surface area contributed by atoms with Crippen molar-refractivity contribution in [3.63, 3.8) is 0 Å². The number of rotatable bonds is 10. The summed E-state index contributed by atoms with van der Waals surface area (Å²) in [6.07, 6.45) is 5.42. The van der Waals surface area contributed by atoms with Gasteiger partial charge in [-0.25, -0.2) is 9.97 Å². The Morgan fingerprint density at radius 2 is 1.92 bits per heavy atom. The van der Waals surface area contributed by atoms with Crippen molar-refractivity contribution in [3.8, 4) is 5.75 Å². The Labute approximate surface area is 222 Å². The number of ether oxygens (including phenoxy) is 1. The van der Waals surface area contributed by atoms with Crippen LogP contribution in [0.2, 0.25) is 5.02 Å². The Bertz CT molecular complexity index is 1340. The molecule has 3 heterocycles. The van der Waals surface area contributed by atoms with Gasteiger partial charge in [-0.05, 0) is 67.0 Å². The molecule has 1 N–H and O–H groups in total. The summed E-state index contributed by atoms with van der Waals surface area (Å²) < 4.78 is 6.01. The third-order valence-electron chi connectivity index (χ3n) is 7.14. The van der Waals surface area contributed by atoms with E-state index in [1.54, 1.807) is 12.4 Å². The molecule has 8 heteroatoms. The topological polar surface area (TPSA) is 74.3 Å². The highest BCUT2D eigenvalue weighted by Crippen LogP contribution is 2.40. The van der Waals surface area contributed by atoms with Crippen molar-refractivity contribution in [2.24, 2.45) is 5.92 Å². The van der Waals surface area contributed by atoms with Crippen molar-refractivity contribution in [2.45, 2.75) is 26.3 Å². The van der Waals surface area contributed by atoms with E-state index >= 15 is 0 Å². The summed E-state index contributed by atoms with van der Waals surface area (Å²) in [6, 6.07) is 15.9. The van der Waals surface area contributed by atoms with Crippen LogP contribution in [0.15, 0.2) is 60.9 Å². The number of hydrogen-bond donors (Lipinski definition) is 1. The van der Waals surface area contributed by atoms with Gasteiger partial charge >= 0.3 is 0 Å². The molecule has 0 radical (unpaired) electrons. The molecule has 2 unspecified atom stereocenters. The lowest BCUT2D eigenvalue weighted by Crippen LogP contribution is -2.37. The minimum absolute atomic E-state index is 0.0863. The van der Waals surface area contributed by atoms with Crippen molar-refractivity contribution in [1.29, 1.82) is 0 Å². The van der Waals surface area contributed by atoms with E-state index in [2.05, 4.69) is 50.7 Å². The Hall–Kier alpha value is -3.42. The highest BCUT2D eigenvalue weighted by Gasteiger charge is 2.33. The Morgan fingerprint density at radius 3 is 2.62 bits per heavy atom. The van der Waals surface area contributed by atoms with Crippen LogP contribution >= 0.6 is 11.6 Å². The second-order valence-corrected chi connectivity index (χ2v) is 9.80. The zero-order chi connectivity index (χ0) is 25.8. The van der Waals surface area contributed by atoms with E-state index in [9.17, 15) is 4.79 Å². The van der Waals surface area contributed by atoms with Gasteiger partial charge in [0.1, 0.15) is 12.0 Å². The van der Waals surface area contributed by atoms with Crippen LogP contribution < -0.4 is 9.64 Å². The van der Waals surface area contributed by atoms with Crippen molar-refractivity contribution >= 4 is 34.7 Å². The normalized spacial score (nSPS) is 16.1. The van der Waals surface area contributed by atoms with Crippen molar-refractivity contribution in [2.75, 3.05) is 37.7 Å². The quantitative estimate of drug-likeness (QED) is 0.288. The van der Waals surface area contributed by atoms with E-state index in [0.29, 0.717) is 19.1 Å². The maximum absolute atomic E-state index is 11.6. The van der Waals surface area contributed by atoms with Crippen LogP contribution in [0.4, 0.5) is 5.95 Å². The first-order valence-electron chi connectivity index (χ1n) is 12.8. The molecule has 0 fully saturated rings. The molecule has 0 spiro atoms. The van der Waals surface area contributed by atoms with Gasteiger partial charge in [0.2, 0.25) is 5.95 Å². The van der Waals surface area contributed by atoms with Gasteiger partial charge in [0.25, 0.3) is 0 Å². The standard InChI is InChI=1S/C29H32ClN5O2/c1-3-34(4-2)17-20(18-36)19-37-23-9-6-21(7-10-23)28-27-24(25-16-22(30)8-11-26(25)33-27)12-15-35(28)29-31-13-5-14-32-29/h5-11,13-14,16,18,20,28,33H,3-4,12,15,17,19H2,1-2H3. The number of carbonyl (C=O) groups excluding carboxylic acids is 1. The first-order chi connectivity index (χ1) is 18.1. The molecule has 0 aliphatic carbocycles. The van der Waals surface area contributed by atoms with Gasteiger partial charge in [-0.2, -0.15) is 0 Å². The molecule has 0 saturated heterocycles. The molecule has 0 saturated carbocycles. The van der Waals surface area contributed by atoms with Gasteiger partial charge in [0.05, 0.1) is 18.6 Å². The van der Waals surface area contributed by atoms with Crippen LogP contribution in [0.3, 0.4) is 0 Å². The number of nitrogens with one attached hydrogen (secondary N) is 1. The molecule has 2 atom stereocenters. The largest absolute Gasteiger partial charge is 0.493 e. The first-order valence-corrected chi connectivity index (χ1v) is 13.2. The summed E-state index contributed by atoms with van der Waals surface area (Å²) in [5.74, 6) is 1.28. The SMILES string of the molecule is CCN(CC)CC(C=O)COc1ccc(C2c3[nH]c4ccc(Cl)cc4c3CCN2c2ncccn2)cc1. The fraction of sp³-hybridized carbons (Fsp3) is 0.345. The van der Waals surface area contributed by atoms with E-state index < -0.39 is 0 Å². The number of H-pyrrole nitrogens is 1. The van der Waals surface area contributed by atoms with Gasteiger partial charge in [0.15, 0.2) is 0 Å². The molecular formula is C29H32ClN5O2. The Balaban J connectivity index is 1.43. The second-order valence-electron chi connectivity index (χ2n) is 9.36. The lowest BCUT2D eigenvalue weighted by atomic mass is 9.92. The summed E-state index contributed by atoms with van der Waals surface area (Å²) in [4.78, 5) is 28.8. The summed E-state index contributed by atoms with van der Waals surface area (Å²) in [6.45, 7) is 7.89. The Morgan fingerprint density at radius 1 is 1.16 bits per heavy atom. The Kier molecular flexibility index (Phi) is 7.72. The molecular weight excluding hydrogens is 486 g/mol. The number of aromatic nitrogens is 3. The molecule has 5 rings (SSSR count). The smallest absolute Gasteiger partial charge is 0.226 e. The fourth-order valence-corrected chi connectivity index (χ4v) is 5.33. The number of hydrogen-bond acceptors (Lipinski definition) is 6. The highest BCUT2D eigenvalue weighted by atomic mass is 35.5. The monoisotopic (exact) mass is 517 g/mol. The number of anilines is 1. The number of benzene rings is 2. The zero-order valence-electron chi connectivity index (χ0n) is 21.2. The number of aldehydes is 1. The molecule has 0 amide bonds. The molecule has 0 bridgehead atoms. The number of fused-ring (bicyclic) bond motifs is 3. The minimum atomic E-state index is -0.163. The number of halogens is 1. The summed E-state index contributed by atoms with van der Waals surface area (Å²) in [5.41, 5.74) is 4.59. The maximum Gasteiger partial charge on any atom is 0.226 e. The highest BCUT2D eigenvalue weighted by molar-refractivity contribution is 6.31. The molecule has 1 aliphatic heterocycles. The lowest BCUT2D eigenvalue weighted by Gasteiger charge is -2.36. The van der Waals surface area contributed by atoms with E-state index in [-0.39, 0.29) is 12.0 Å². The number of nitrogens with zero attached hydrogens (tertiary/aromatic N) is 4. The average molecular weight is 518 g/mol. The third-order valence-corrected chi connectivity index (χ3v) is 7.37. The van der Waals surface area contributed by atoms with Crippen LogP contribution in [0.1, 0.15) is 36.7 Å². The molecule has 2 aromatic carbocycles. The molecule has 1 aliphatic rings. The van der Waals surface area contributed by atoms with Gasteiger partial charge < -0.3 is 24.3 Å². The number of carbonyl (C=O) groups is 1. The molecule has 7 nitrogen and oxygen atoms in total. The zero-order valence-corrected chi connectivity index (χ0v) is 22.0. The molecule has 4 aromatic rings. The molecule has 37 heavy (non-hydrogen) atoms. The van der Waals surface area contributed by atoms with E-state index in [1.165, 1.54) is 5.56 Å². The van der Waals surface area contributed by atoms with E-state index in [1.807, 2.05) is 36.4 Å². The van der Waals surface area contributed by atoms with Crippen LogP contribution in [0.25, 0.3) is 10.9 Å². The average Bonchev–Trinajstić information content (AvgIpc) is 3.31. The minimum Gasteiger partial charge on any atom is -0.493 e. The van der Waals surface area contributed by atoms with Crippen molar-refractivity contribution in [3.05, 3.63) is 82.8 Å². The van der Waals surface area contributed by atoms with Gasteiger partial charge in [-0.15, -0.1) is 0 Å². The fourth-order valence-electron chi connectivity index (χ4n) is 5.16. The summed E-state index contributed by atoms with van der Waals surface area (Å²) >= 11 is 6.34. The number of aromatic amines is 1. The predicted octanol–water partition coefficient (Wildman–Crippen LogP) is 5.30. The van der Waals surface area contributed by atoms with Crippen LogP contribution in [0, 0.1) is 5.92 Å². The van der Waals surface area contributed by atoms with Crippen LogP contribution in [0.5, 0.6) is 5.75 Å². The van der Waals surface area contributed by atoms with Crippen molar-refractivity contribution < 1.29 is 9.53 Å². The van der Waals surface area contributed by atoms with E-state index in [0.717, 1.165) is 65.3 Å². The van der Waals surface area contributed by atoms with Gasteiger partial charge in [-0.3, -0.25) is 0 Å². The third kappa shape index (κ3) is 5.33. The van der Waals surface area contributed by atoms with Crippen molar-refractivity contribution in [1.82, 2.24) is 19.9 Å². The molecule has 2 aromatic heterocycles. The molecule has 192 valence electrons. The summed E-state index contributed by atoms with van der Waals surface area (Å²) in [5, 5.41) is 1.89. The second kappa shape index (κ2) is 11.3. The van der Waals surface area contributed by atoms with Crippen LogP contribution in [-0.4, -0.2) is 58.9 Å². The predicted molar refractivity (Wildman–Crippen MR) is 148 cm³/mol. The first kappa shape index (κ1) is 25.2. The van der Waals surface area contributed by atoms with Crippen LogP contribution in [-0.2, 0) is 11.2 Å².